The van der Waals surface area contributed by atoms with E-state index in [9.17, 15) is 9.36 Å². The molecule has 13 nitrogen and oxygen atoms in total. The summed E-state index contributed by atoms with van der Waals surface area (Å²) in [6, 6.07) is 7.61. The Balaban J connectivity index is 1.33. The van der Waals surface area contributed by atoms with E-state index in [-0.39, 0.29) is 11.8 Å². The van der Waals surface area contributed by atoms with Crippen molar-refractivity contribution in [1.29, 1.82) is 0 Å². The summed E-state index contributed by atoms with van der Waals surface area (Å²) in [5, 5.41) is 11.7. The Labute approximate surface area is 294 Å². The number of aromatic nitrogens is 4. The van der Waals surface area contributed by atoms with Crippen molar-refractivity contribution in [2.45, 2.75) is 19.8 Å². The van der Waals surface area contributed by atoms with Gasteiger partial charge < -0.3 is 29.7 Å². The highest BCUT2D eigenvalue weighted by Crippen LogP contribution is 2.46. The highest BCUT2D eigenvalue weighted by atomic mass is 79.9. The molecule has 0 bridgehead atoms. The first-order valence-corrected chi connectivity index (χ1v) is 19.4. The van der Waals surface area contributed by atoms with Gasteiger partial charge in [0, 0.05) is 80.6 Å². The van der Waals surface area contributed by atoms with E-state index in [1.54, 1.807) is 56.6 Å². The van der Waals surface area contributed by atoms with Gasteiger partial charge >= 0.3 is 0 Å². The standard InChI is InChI=1S/C34H40BrN10O3P/c1-7-37-30-25(36-2)10-11-26(31(30)49(5,6)47)40-32-24(35)19-38-34(42-32)41-27-16-23(22-18-39-43(3)20-22)28(17-29(27)48-4)44-12-14-45(15-13-44)33(46)21-8-9-21/h7,10-11,16-21H,2,8-9,12-15H2,1,3-6H3,(H2,38,40,41,42)/b37-7-. The van der Waals surface area contributed by atoms with Crippen LogP contribution in [0.25, 0.3) is 11.1 Å². The molecule has 49 heavy (non-hydrogen) atoms. The zero-order valence-corrected chi connectivity index (χ0v) is 30.8. The first-order chi connectivity index (χ1) is 23.5. The number of carbonyl (C=O) groups excluding carboxylic acids is 1. The number of halogens is 1. The van der Waals surface area contributed by atoms with E-state index in [2.05, 4.69) is 58.2 Å². The molecule has 0 radical (unpaired) electrons. The summed E-state index contributed by atoms with van der Waals surface area (Å²) < 4.78 is 21.8. The quantitative estimate of drug-likeness (QED) is 0.130. The van der Waals surface area contributed by atoms with Crippen LogP contribution in [0.1, 0.15) is 19.8 Å². The Bertz CT molecular complexity index is 1980. The summed E-state index contributed by atoms with van der Waals surface area (Å²) in [5.74, 6) is 1.87. The fraction of sp³-hybridized carbons (Fsp3) is 0.353. The molecule has 0 atom stereocenters. The molecule has 2 aromatic heterocycles. The van der Waals surface area contributed by atoms with Crippen LogP contribution in [0.4, 0.5) is 40.2 Å². The Hall–Kier alpha value is -4.55. The number of methoxy groups -OCH3 is 1. The summed E-state index contributed by atoms with van der Waals surface area (Å²) in [4.78, 5) is 34.9. The van der Waals surface area contributed by atoms with Crippen molar-refractivity contribution >= 4 is 87.4 Å². The Morgan fingerprint density at radius 1 is 1.12 bits per heavy atom. The molecule has 1 aliphatic carbocycles. The number of aliphatic imine (C=N–C) groups is 2. The molecule has 2 fully saturated rings. The summed E-state index contributed by atoms with van der Waals surface area (Å²) in [6.07, 6.45) is 9.11. The topological polar surface area (TPSA) is 142 Å². The molecule has 2 N–H and O–H groups in total. The minimum absolute atomic E-state index is 0.212. The molecule has 0 unspecified atom stereocenters. The predicted molar refractivity (Wildman–Crippen MR) is 202 cm³/mol. The number of rotatable bonds is 11. The van der Waals surface area contributed by atoms with Gasteiger partial charge in [-0.25, -0.2) is 4.98 Å². The Morgan fingerprint density at radius 2 is 1.88 bits per heavy atom. The predicted octanol–water partition coefficient (Wildman–Crippen LogP) is 6.50. The third-order valence-electron chi connectivity index (χ3n) is 8.53. The molecular weight excluding hydrogens is 707 g/mol. The highest BCUT2D eigenvalue weighted by molar-refractivity contribution is 9.10. The van der Waals surface area contributed by atoms with Crippen LogP contribution in [0.2, 0.25) is 0 Å². The van der Waals surface area contributed by atoms with Crippen LogP contribution in [0.3, 0.4) is 0 Å². The Morgan fingerprint density at radius 3 is 2.49 bits per heavy atom. The van der Waals surface area contributed by atoms with Gasteiger partial charge in [0.05, 0.1) is 40.1 Å². The lowest BCUT2D eigenvalue weighted by atomic mass is 10.0. The summed E-state index contributed by atoms with van der Waals surface area (Å²) in [7, 11) is 0.678. The van der Waals surface area contributed by atoms with Crippen molar-refractivity contribution in [1.82, 2.24) is 24.6 Å². The molecule has 0 spiro atoms. The van der Waals surface area contributed by atoms with Crippen LogP contribution in [-0.2, 0) is 16.4 Å². The number of aryl methyl sites for hydroxylation is 1. The molecule has 1 amide bonds. The number of carbonyl (C=O) groups is 1. The van der Waals surface area contributed by atoms with E-state index >= 15 is 0 Å². The van der Waals surface area contributed by atoms with Crippen molar-refractivity contribution in [2.75, 3.05) is 62.2 Å². The molecule has 6 rings (SSSR count). The zero-order valence-electron chi connectivity index (χ0n) is 28.3. The highest BCUT2D eigenvalue weighted by Gasteiger charge is 2.35. The molecule has 3 heterocycles. The number of benzene rings is 2. The minimum atomic E-state index is -2.84. The largest absolute Gasteiger partial charge is 0.494 e. The molecule has 15 heteroatoms. The fourth-order valence-electron chi connectivity index (χ4n) is 6.01. The lowest BCUT2D eigenvalue weighted by molar-refractivity contribution is -0.132. The number of amides is 1. The SMILES string of the molecule is C=Nc1ccc(Nc2nc(Nc3cc(-c4cnn(C)c4)c(N4CCN(C(=O)C5CC5)CC4)cc3OC)ncc2Br)c(P(C)(C)=O)c1/N=C\C. The van der Waals surface area contributed by atoms with E-state index in [1.807, 2.05) is 36.5 Å². The maximum absolute atomic E-state index is 13.5. The summed E-state index contributed by atoms with van der Waals surface area (Å²) >= 11 is 3.57. The van der Waals surface area contributed by atoms with Crippen LogP contribution < -0.4 is 25.6 Å². The lowest BCUT2D eigenvalue weighted by Gasteiger charge is -2.37. The first kappa shape index (κ1) is 34.3. The van der Waals surface area contributed by atoms with Crippen molar-refractivity contribution in [3.05, 3.63) is 47.3 Å². The van der Waals surface area contributed by atoms with Crippen LogP contribution in [-0.4, -0.2) is 90.1 Å². The molecule has 1 saturated heterocycles. The van der Waals surface area contributed by atoms with E-state index in [0.29, 0.717) is 76.2 Å². The number of nitrogens with one attached hydrogen (secondary N) is 2. The maximum Gasteiger partial charge on any atom is 0.229 e. The molecule has 1 aliphatic heterocycles. The van der Waals surface area contributed by atoms with Gasteiger partial charge in [-0.05, 0) is 73.9 Å². The summed E-state index contributed by atoms with van der Waals surface area (Å²) in [5.41, 5.74) is 5.19. The van der Waals surface area contributed by atoms with Crippen molar-refractivity contribution in [3.63, 3.8) is 0 Å². The first-order valence-electron chi connectivity index (χ1n) is 16.0. The minimum Gasteiger partial charge on any atom is -0.494 e. The van der Waals surface area contributed by atoms with Gasteiger partial charge in [-0.15, -0.1) is 0 Å². The van der Waals surface area contributed by atoms with Gasteiger partial charge in [-0.3, -0.25) is 19.5 Å². The van der Waals surface area contributed by atoms with E-state index in [4.69, 9.17) is 9.72 Å². The number of ether oxygens (including phenoxy) is 1. The molecular formula is C34H40BrN10O3P. The number of hydrogen-bond donors (Lipinski definition) is 2. The molecule has 4 aromatic rings. The third kappa shape index (κ3) is 7.40. The van der Waals surface area contributed by atoms with Crippen molar-refractivity contribution < 1.29 is 14.1 Å². The summed E-state index contributed by atoms with van der Waals surface area (Å²) in [6.45, 7) is 11.6. The van der Waals surface area contributed by atoms with Crippen molar-refractivity contribution in [2.24, 2.45) is 23.0 Å². The van der Waals surface area contributed by atoms with Crippen LogP contribution in [0.15, 0.2) is 57.3 Å². The van der Waals surface area contributed by atoms with Crippen molar-refractivity contribution in [3.8, 4) is 16.9 Å². The number of anilines is 5. The molecule has 256 valence electrons. The van der Waals surface area contributed by atoms with E-state index < -0.39 is 7.14 Å². The van der Waals surface area contributed by atoms with Crippen LogP contribution in [0, 0.1) is 5.92 Å². The zero-order chi connectivity index (χ0) is 34.9. The van der Waals surface area contributed by atoms with Gasteiger partial charge in [0.2, 0.25) is 11.9 Å². The second-order valence-corrected chi connectivity index (χ2v) is 16.4. The second-order valence-electron chi connectivity index (χ2n) is 12.4. The molecule has 2 aromatic carbocycles. The maximum atomic E-state index is 13.5. The normalized spacial score (nSPS) is 15.1. The average Bonchev–Trinajstić information content (AvgIpc) is 3.85. The average molecular weight is 748 g/mol. The van der Waals surface area contributed by atoms with Gasteiger partial charge in [0.15, 0.2) is 0 Å². The van der Waals surface area contributed by atoms with Gasteiger partial charge in [0.25, 0.3) is 0 Å². The van der Waals surface area contributed by atoms with Gasteiger partial charge in [-0.1, -0.05) is 0 Å². The lowest BCUT2D eigenvalue weighted by Crippen LogP contribution is -2.49. The smallest absolute Gasteiger partial charge is 0.229 e. The molecule has 2 aliphatic rings. The number of hydrogen-bond acceptors (Lipinski definition) is 11. The fourth-order valence-corrected chi connectivity index (χ4v) is 7.69. The van der Waals surface area contributed by atoms with E-state index in [0.717, 1.165) is 29.7 Å². The van der Waals surface area contributed by atoms with Crippen LogP contribution in [0.5, 0.6) is 5.75 Å². The number of nitrogens with zero attached hydrogens (tertiary/aromatic N) is 8. The Kier molecular flexibility index (Phi) is 9.89. The van der Waals surface area contributed by atoms with Gasteiger partial charge in [0.1, 0.15) is 24.4 Å². The number of piperazine rings is 1. The van der Waals surface area contributed by atoms with E-state index in [1.165, 1.54) is 0 Å². The van der Waals surface area contributed by atoms with Crippen LogP contribution >= 0.6 is 23.1 Å². The molecule has 1 saturated carbocycles. The van der Waals surface area contributed by atoms with Gasteiger partial charge in [-0.2, -0.15) is 10.1 Å². The third-order valence-corrected chi connectivity index (χ3v) is 10.6. The second kappa shape index (κ2) is 14.1. The monoisotopic (exact) mass is 746 g/mol.